The molecule has 1 aromatic heterocycles. The molecule has 0 unspecified atom stereocenters. The van der Waals surface area contributed by atoms with E-state index in [1.165, 1.54) is 16.5 Å². The maximum atomic E-state index is 10.9. The number of carboxylic acid groups (broad SMARTS) is 1. The van der Waals surface area contributed by atoms with Crippen molar-refractivity contribution in [2.24, 2.45) is 0 Å². The van der Waals surface area contributed by atoms with E-state index in [0.717, 1.165) is 31.2 Å². The highest BCUT2D eigenvalue weighted by molar-refractivity contribution is 5.86. The van der Waals surface area contributed by atoms with Gasteiger partial charge < -0.3 is 9.67 Å². The van der Waals surface area contributed by atoms with Crippen molar-refractivity contribution >= 4 is 16.9 Å². The zero-order valence-corrected chi connectivity index (χ0v) is 11.6. The summed E-state index contributed by atoms with van der Waals surface area (Å²) in [7, 11) is 0. The Morgan fingerprint density at radius 3 is 2.74 bits per heavy atom. The number of hydrogen-bond acceptors (Lipinski definition) is 1. The van der Waals surface area contributed by atoms with E-state index in [2.05, 4.69) is 26.0 Å². The third-order valence-corrected chi connectivity index (χ3v) is 3.54. The molecule has 0 saturated carbocycles. The lowest BCUT2D eigenvalue weighted by molar-refractivity contribution is -0.137. The molecular weight excluding hydrogens is 238 g/mol. The van der Waals surface area contributed by atoms with Gasteiger partial charge in [-0.2, -0.15) is 0 Å². The quantitative estimate of drug-likeness (QED) is 0.860. The highest BCUT2D eigenvalue weighted by Crippen LogP contribution is 2.24. The van der Waals surface area contributed by atoms with Gasteiger partial charge in [0.05, 0.1) is 0 Å². The van der Waals surface area contributed by atoms with Crippen LogP contribution < -0.4 is 0 Å². The Balaban J connectivity index is 2.48. The Morgan fingerprint density at radius 1 is 1.32 bits per heavy atom. The minimum atomic E-state index is -0.793. The number of aromatic nitrogens is 1. The van der Waals surface area contributed by atoms with Gasteiger partial charge in [-0.1, -0.05) is 26.3 Å². The topological polar surface area (TPSA) is 42.2 Å². The van der Waals surface area contributed by atoms with Gasteiger partial charge in [-0.25, -0.2) is 0 Å². The molecule has 2 aromatic rings. The van der Waals surface area contributed by atoms with Crippen LogP contribution >= 0.6 is 0 Å². The van der Waals surface area contributed by atoms with E-state index < -0.39 is 5.97 Å². The zero-order chi connectivity index (χ0) is 13.8. The molecular formula is C16H21NO2. The summed E-state index contributed by atoms with van der Waals surface area (Å²) in [6.07, 6.45) is 6.33. The number of rotatable bonds is 6. The van der Waals surface area contributed by atoms with Crippen LogP contribution in [-0.2, 0) is 24.2 Å². The number of hydrogen-bond donors (Lipinski definition) is 1. The van der Waals surface area contributed by atoms with E-state index in [-0.39, 0.29) is 6.54 Å². The van der Waals surface area contributed by atoms with E-state index in [4.69, 9.17) is 5.11 Å². The molecule has 0 aliphatic carbocycles. The van der Waals surface area contributed by atoms with Crippen molar-refractivity contribution in [2.45, 2.75) is 46.1 Å². The fraction of sp³-hybridized carbons (Fsp3) is 0.438. The summed E-state index contributed by atoms with van der Waals surface area (Å²) < 4.78 is 1.85. The fourth-order valence-electron chi connectivity index (χ4n) is 2.48. The molecule has 0 spiro atoms. The summed E-state index contributed by atoms with van der Waals surface area (Å²) >= 11 is 0. The van der Waals surface area contributed by atoms with Crippen molar-refractivity contribution in [1.29, 1.82) is 0 Å². The first kappa shape index (κ1) is 13.7. The van der Waals surface area contributed by atoms with Gasteiger partial charge in [0.2, 0.25) is 0 Å². The maximum absolute atomic E-state index is 10.9. The number of aryl methyl sites for hydroxylation is 2. The van der Waals surface area contributed by atoms with Crippen LogP contribution in [0.2, 0.25) is 0 Å². The van der Waals surface area contributed by atoms with Crippen LogP contribution in [0.3, 0.4) is 0 Å². The first-order valence-electron chi connectivity index (χ1n) is 6.98. The number of carbonyl (C=O) groups is 1. The van der Waals surface area contributed by atoms with Gasteiger partial charge in [-0.15, -0.1) is 0 Å². The molecule has 0 fully saturated rings. The van der Waals surface area contributed by atoms with Gasteiger partial charge in [0.25, 0.3) is 0 Å². The molecule has 0 aliphatic rings. The summed E-state index contributed by atoms with van der Waals surface area (Å²) in [5.41, 5.74) is 3.61. The third-order valence-electron chi connectivity index (χ3n) is 3.54. The number of aliphatic carboxylic acids is 1. The summed E-state index contributed by atoms with van der Waals surface area (Å²) in [4.78, 5) is 10.9. The van der Waals surface area contributed by atoms with Crippen LogP contribution in [-0.4, -0.2) is 15.6 Å². The Kier molecular flexibility index (Phi) is 4.25. The molecule has 2 rings (SSSR count). The zero-order valence-electron chi connectivity index (χ0n) is 11.6. The lowest BCUT2D eigenvalue weighted by Gasteiger charge is -2.02. The largest absolute Gasteiger partial charge is 0.480 e. The summed E-state index contributed by atoms with van der Waals surface area (Å²) in [5.74, 6) is -0.793. The molecule has 102 valence electrons. The van der Waals surface area contributed by atoms with E-state index in [1.54, 1.807) is 0 Å². The minimum absolute atomic E-state index is 0.0358. The number of fused-ring (bicyclic) bond motifs is 1. The molecule has 0 aliphatic heterocycles. The Hall–Kier alpha value is -1.77. The van der Waals surface area contributed by atoms with Crippen molar-refractivity contribution in [3.63, 3.8) is 0 Å². The molecule has 1 aromatic carbocycles. The first-order chi connectivity index (χ1) is 9.15. The highest BCUT2D eigenvalue weighted by atomic mass is 16.4. The summed E-state index contributed by atoms with van der Waals surface area (Å²) in [5, 5.41) is 10.2. The summed E-state index contributed by atoms with van der Waals surface area (Å²) in [6, 6.07) is 6.34. The third kappa shape index (κ3) is 2.98. The second-order valence-corrected chi connectivity index (χ2v) is 4.98. The molecule has 0 radical (unpaired) electrons. The van der Waals surface area contributed by atoms with Crippen LogP contribution in [0.25, 0.3) is 10.9 Å². The number of benzene rings is 1. The molecule has 0 saturated heterocycles. The smallest absolute Gasteiger partial charge is 0.323 e. The number of nitrogens with zero attached hydrogens (tertiary/aromatic N) is 1. The predicted molar refractivity (Wildman–Crippen MR) is 77.6 cm³/mol. The molecule has 0 amide bonds. The van der Waals surface area contributed by atoms with Crippen molar-refractivity contribution in [2.75, 3.05) is 0 Å². The van der Waals surface area contributed by atoms with E-state index in [9.17, 15) is 4.79 Å². The predicted octanol–water partition coefficient (Wildman–Crippen LogP) is 3.63. The summed E-state index contributed by atoms with van der Waals surface area (Å²) in [6.45, 7) is 4.35. The normalized spacial score (nSPS) is 11.1. The standard InChI is InChI=1S/C16H21NO2/c1-3-5-6-13-10-17(11-16(18)19)15-8-7-12(4-2)9-14(13)15/h7-10H,3-6,11H2,1-2H3,(H,18,19). The second kappa shape index (κ2) is 5.91. The fourth-order valence-corrected chi connectivity index (χ4v) is 2.48. The Morgan fingerprint density at radius 2 is 2.11 bits per heavy atom. The highest BCUT2D eigenvalue weighted by Gasteiger charge is 2.10. The second-order valence-electron chi connectivity index (χ2n) is 4.98. The van der Waals surface area contributed by atoms with Crippen molar-refractivity contribution in [3.8, 4) is 0 Å². The van der Waals surface area contributed by atoms with Crippen LogP contribution in [0.4, 0.5) is 0 Å². The van der Waals surface area contributed by atoms with Crippen molar-refractivity contribution in [3.05, 3.63) is 35.5 Å². The van der Waals surface area contributed by atoms with E-state index in [1.807, 2.05) is 16.8 Å². The van der Waals surface area contributed by atoms with Gasteiger partial charge in [0.15, 0.2) is 0 Å². The van der Waals surface area contributed by atoms with Crippen molar-refractivity contribution < 1.29 is 9.90 Å². The SMILES string of the molecule is CCCCc1cn(CC(=O)O)c2ccc(CC)cc12. The minimum Gasteiger partial charge on any atom is -0.480 e. The van der Waals surface area contributed by atoms with Crippen molar-refractivity contribution in [1.82, 2.24) is 4.57 Å². The molecule has 0 atom stereocenters. The van der Waals surface area contributed by atoms with Crippen LogP contribution in [0.1, 0.15) is 37.8 Å². The average Bonchev–Trinajstić information content (AvgIpc) is 2.73. The van der Waals surface area contributed by atoms with E-state index in [0.29, 0.717) is 0 Å². The molecule has 0 bridgehead atoms. The lowest BCUT2D eigenvalue weighted by Crippen LogP contribution is -2.07. The average molecular weight is 259 g/mol. The van der Waals surface area contributed by atoms with Crippen LogP contribution in [0.5, 0.6) is 0 Å². The van der Waals surface area contributed by atoms with Gasteiger partial charge in [0, 0.05) is 17.1 Å². The molecule has 1 N–H and O–H groups in total. The first-order valence-corrected chi connectivity index (χ1v) is 6.98. The Labute approximate surface area is 113 Å². The van der Waals surface area contributed by atoms with Gasteiger partial charge >= 0.3 is 5.97 Å². The van der Waals surface area contributed by atoms with Gasteiger partial charge in [0.1, 0.15) is 6.54 Å². The maximum Gasteiger partial charge on any atom is 0.323 e. The monoisotopic (exact) mass is 259 g/mol. The molecule has 3 nitrogen and oxygen atoms in total. The number of carboxylic acids is 1. The van der Waals surface area contributed by atoms with E-state index >= 15 is 0 Å². The van der Waals surface area contributed by atoms with Gasteiger partial charge in [-0.3, -0.25) is 4.79 Å². The van der Waals surface area contributed by atoms with Crippen LogP contribution in [0.15, 0.2) is 24.4 Å². The number of unbranched alkanes of at least 4 members (excludes halogenated alkanes) is 1. The molecule has 19 heavy (non-hydrogen) atoms. The van der Waals surface area contributed by atoms with Crippen LogP contribution in [0, 0.1) is 0 Å². The molecule has 1 heterocycles. The molecule has 3 heteroatoms. The Bertz CT molecular complexity index is 584. The lowest BCUT2D eigenvalue weighted by atomic mass is 10.0. The van der Waals surface area contributed by atoms with Gasteiger partial charge in [-0.05, 0) is 42.5 Å².